The number of unbranched alkanes of at least 4 members (excludes halogenated alkanes) is 19. The van der Waals surface area contributed by atoms with Gasteiger partial charge in [-0.2, -0.15) is 0 Å². The summed E-state index contributed by atoms with van der Waals surface area (Å²) in [4.78, 5) is 48.4. The van der Waals surface area contributed by atoms with Crippen molar-refractivity contribution in [1.29, 1.82) is 0 Å². The summed E-state index contributed by atoms with van der Waals surface area (Å²) in [6, 6.07) is 0. The van der Waals surface area contributed by atoms with Crippen LogP contribution in [0.15, 0.2) is 85.1 Å². The Labute approximate surface area is 426 Å². The smallest absolute Gasteiger partial charge is 0.462 e. The number of ether oxygens (including phenoxy) is 3. The molecule has 0 saturated carbocycles. The van der Waals surface area contributed by atoms with Gasteiger partial charge in [0, 0.05) is 19.3 Å². The first kappa shape index (κ1) is 66.7. The van der Waals surface area contributed by atoms with E-state index in [2.05, 4.69) is 106 Å². The van der Waals surface area contributed by atoms with Crippen LogP contribution in [0.25, 0.3) is 0 Å². The number of carbonyl (C=O) groups is 3. The van der Waals surface area contributed by atoms with Gasteiger partial charge in [-0.1, -0.05) is 183 Å². The molecule has 0 bridgehead atoms. The maximum absolute atomic E-state index is 12.9. The summed E-state index contributed by atoms with van der Waals surface area (Å²) in [5.74, 6) is -1.52. The van der Waals surface area contributed by atoms with Crippen molar-refractivity contribution in [3.8, 4) is 0 Å². The van der Waals surface area contributed by atoms with Crippen molar-refractivity contribution < 1.29 is 52.2 Å². The summed E-state index contributed by atoms with van der Waals surface area (Å²) >= 11 is 0. The van der Waals surface area contributed by atoms with Crippen molar-refractivity contribution in [3.05, 3.63) is 85.1 Å². The summed E-state index contributed by atoms with van der Waals surface area (Å²) in [7, 11) is -4.76. The molecule has 3 unspecified atom stereocenters. The normalized spacial score (nSPS) is 14.1. The average Bonchev–Trinajstić information content (AvgIpc) is 3.35. The summed E-state index contributed by atoms with van der Waals surface area (Å²) in [6.45, 7) is 4.38. The lowest BCUT2D eigenvalue weighted by molar-refractivity contribution is -0.161. The van der Waals surface area contributed by atoms with Crippen molar-refractivity contribution in [1.82, 2.24) is 0 Å². The first-order valence-electron chi connectivity index (χ1n) is 27.5. The van der Waals surface area contributed by atoms with Crippen molar-refractivity contribution in [2.24, 2.45) is 0 Å². The Hall–Kier alpha value is -3.34. The summed E-state index contributed by atoms with van der Waals surface area (Å²) in [6.07, 6.45) is 58.3. The average molecular weight is 1000 g/mol. The molecule has 70 heavy (non-hydrogen) atoms. The van der Waals surface area contributed by atoms with E-state index in [-0.39, 0.29) is 25.9 Å². The maximum Gasteiger partial charge on any atom is 0.472 e. The molecule has 12 heteroatoms. The van der Waals surface area contributed by atoms with E-state index < -0.39 is 57.8 Å². The minimum atomic E-state index is -4.76. The third-order valence-corrected chi connectivity index (χ3v) is 12.2. The molecular weight excluding hydrogens is 904 g/mol. The number of allylic oxidation sites excluding steroid dienone is 14. The van der Waals surface area contributed by atoms with Gasteiger partial charge in [0.25, 0.3) is 0 Å². The Balaban J connectivity index is 4.80. The van der Waals surface area contributed by atoms with E-state index in [1.54, 1.807) is 0 Å². The molecule has 0 aliphatic rings. The van der Waals surface area contributed by atoms with Crippen molar-refractivity contribution in [2.75, 3.05) is 26.4 Å². The van der Waals surface area contributed by atoms with Gasteiger partial charge in [-0.15, -0.1) is 0 Å². The highest BCUT2D eigenvalue weighted by Gasteiger charge is 2.28. The number of aliphatic hydroxyl groups is 1. The molecule has 402 valence electrons. The monoisotopic (exact) mass is 1000 g/mol. The number of rotatable bonds is 50. The topological polar surface area (TPSA) is 155 Å². The van der Waals surface area contributed by atoms with E-state index in [1.807, 2.05) is 0 Å². The standard InChI is InChI=1S/C58H99O11P/c1-4-7-10-13-16-19-22-25-27-30-32-35-38-41-44-47-56(60)65-51-55(69-58(62)49-46-43-40-37-34-31-28-26-23-20-17-14-11-8-5-2)53-67-70(63,64)66-52-54(50-59)68-57(61)48-45-42-39-36-33-29-24-21-18-15-12-9-6-3/h7,10,12,15-17,19-21,24-28,54-55,59H,4-6,8-9,11,13-14,18,22-23,29-53H2,1-3H3,(H,63,64)/b10-7-,15-12-,19-16-,20-17-,24-21-,27-25-,28-26-. The quantitative estimate of drug-likeness (QED) is 0.0197. The molecule has 11 nitrogen and oxygen atoms in total. The van der Waals surface area contributed by atoms with E-state index in [9.17, 15) is 28.9 Å². The number of esters is 3. The van der Waals surface area contributed by atoms with Crippen LogP contribution in [0.2, 0.25) is 0 Å². The number of aliphatic hydroxyl groups excluding tert-OH is 1. The van der Waals surface area contributed by atoms with Gasteiger partial charge in [-0.05, 0) is 109 Å². The van der Waals surface area contributed by atoms with E-state index in [1.165, 1.54) is 19.3 Å². The van der Waals surface area contributed by atoms with Gasteiger partial charge >= 0.3 is 25.7 Å². The van der Waals surface area contributed by atoms with Gasteiger partial charge in [0.2, 0.25) is 0 Å². The summed E-state index contributed by atoms with van der Waals surface area (Å²) < 4.78 is 39.4. The third kappa shape index (κ3) is 49.6. The highest BCUT2D eigenvalue weighted by molar-refractivity contribution is 7.47. The van der Waals surface area contributed by atoms with Crippen LogP contribution in [0.3, 0.4) is 0 Å². The Bertz CT molecular complexity index is 1500. The van der Waals surface area contributed by atoms with Crippen LogP contribution in [-0.4, -0.2) is 66.5 Å². The number of hydrogen-bond acceptors (Lipinski definition) is 10. The zero-order valence-corrected chi connectivity index (χ0v) is 45.1. The summed E-state index contributed by atoms with van der Waals surface area (Å²) in [5, 5.41) is 9.79. The molecular formula is C58H99O11P. The van der Waals surface area contributed by atoms with Crippen LogP contribution in [-0.2, 0) is 42.2 Å². The second-order valence-corrected chi connectivity index (χ2v) is 19.5. The molecule has 3 atom stereocenters. The van der Waals surface area contributed by atoms with Gasteiger partial charge in [-0.3, -0.25) is 23.4 Å². The number of phosphoric acid groups is 1. The Morgan fingerprint density at radius 3 is 1.20 bits per heavy atom. The molecule has 0 aromatic heterocycles. The van der Waals surface area contributed by atoms with Gasteiger partial charge in [0.05, 0.1) is 19.8 Å². The van der Waals surface area contributed by atoms with Crippen LogP contribution >= 0.6 is 7.82 Å². The fraction of sp³-hybridized carbons (Fsp3) is 0.707. The molecule has 0 aliphatic heterocycles. The SMILES string of the molecule is CC/C=C\C/C=C\C/C=C\CCCCCCCC(=O)OCC(COP(=O)(O)OCC(CO)OC(=O)CCCCCCC/C=C\C/C=C\CCC)OC(=O)CCCCCCC/C=C\C/C=C\CCCCC. The Kier molecular flexibility index (Phi) is 49.5. The molecule has 0 aliphatic carbocycles. The first-order valence-corrected chi connectivity index (χ1v) is 29.0. The van der Waals surface area contributed by atoms with Crippen LogP contribution in [0.4, 0.5) is 0 Å². The van der Waals surface area contributed by atoms with Crippen LogP contribution < -0.4 is 0 Å². The maximum atomic E-state index is 12.9. The van der Waals surface area contributed by atoms with Crippen LogP contribution in [0.5, 0.6) is 0 Å². The van der Waals surface area contributed by atoms with E-state index in [4.69, 9.17) is 23.3 Å². The molecule has 0 aromatic carbocycles. The summed E-state index contributed by atoms with van der Waals surface area (Å²) in [5.41, 5.74) is 0. The zero-order valence-electron chi connectivity index (χ0n) is 44.2. The third-order valence-electron chi connectivity index (χ3n) is 11.3. The van der Waals surface area contributed by atoms with Gasteiger partial charge in [-0.25, -0.2) is 4.57 Å². The van der Waals surface area contributed by atoms with Crippen molar-refractivity contribution in [3.63, 3.8) is 0 Å². The molecule has 0 spiro atoms. The fourth-order valence-corrected chi connectivity index (χ4v) is 7.87. The Morgan fingerprint density at radius 1 is 0.414 bits per heavy atom. The number of hydrogen-bond donors (Lipinski definition) is 2. The Morgan fingerprint density at radius 2 is 0.771 bits per heavy atom. The second kappa shape index (κ2) is 52.0. The first-order chi connectivity index (χ1) is 34.2. The van der Waals surface area contributed by atoms with Crippen molar-refractivity contribution >= 4 is 25.7 Å². The number of carbonyl (C=O) groups excluding carboxylic acids is 3. The predicted octanol–water partition coefficient (Wildman–Crippen LogP) is 15.9. The molecule has 0 amide bonds. The van der Waals surface area contributed by atoms with Crippen LogP contribution in [0.1, 0.15) is 226 Å². The molecule has 0 aromatic rings. The van der Waals surface area contributed by atoms with Gasteiger partial charge < -0.3 is 24.2 Å². The largest absolute Gasteiger partial charge is 0.472 e. The predicted molar refractivity (Wildman–Crippen MR) is 288 cm³/mol. The second-order valence-electron chi connectivity index (χ2n) is 18.0. The molecule has 0 radical (unpaired) electrons. The van der Waals surface area contributed by atoms with E-state index in [0.717, 1.165) is 148 Å². The van der Waals surface area contributed by atoms with Crippen LogP contribution in [0, 0.1) is 0 Å². The lowest BCUT2D eigenvalue weighted by Gasteiger charge is -2.21. The van der Waals surface area contributed by atoms with E-state index in [0.29, 0.717) is 19.3 Å². The lowest BCUT2D eigenvalue weighted by Crippen LogP contribution is -2.30. The minimum Gasteiger partial charge on any atom is -0.462 e. The molecule has 0 fully saturated rings. The molecule has 0 saturated heterocycles. The fourth-order valence-electron chi connectivity index (χ4n) is 7.08. The zero-order chi connectivity index (χ0) is 51.3. The van der Waals surface area contributed by atoms with E-state index >= 15 is 0 Å². The number of phosphoric ester groups is 1. The highest BCUT2D eigenvalue weighted by Crippen LogP contribution is 2.43. The lowest BCUT2D eigenvalue weighted by atomic mass is 10.1. The molecule has 0 heterocycles. The minimum absolute atomic E-state index is 0.143. The highest BCUT2D eigenvalue weighted by atomic mass is 31.2. The van der Waals surface area contributed by atoms with Crippen molar-refractivity contribution in [2.45, 2.75) is 238 Å². The molecule has 0 rings (SSSR count). The van der Waals surface area contributed by atoms with Gasteiger partial charge in [0.15, 0.2) is 6.10 Å². The molecule has 2 N–H and O–H groups in total. The van der Waals surface area contributed by atoms with Gasteiger partial charge in [0.1, 0.15) is 12.7 Å².